The van der Waals surface area contributed by atoms with Crippen LogP contribution in [0.1, 0.15) is 12.0 Å². The molecule has 2 unspecified atom stereocenters. The van der Waals surface area contributed by atoms with Crippen molar-refractivity contribution in [2.45, 2.75) is 55.6 Å². The van der Waals surface area contributed by atoms with Crippen molar-refractivity contribution >= 4 is 29.8 Å². The van der Waals surface area contributed by atoms with Crippen LogP contribution in [-0.4, -0.2) is 119 Å². The minimum atomic E-state index is -1.73. The molecule has 210 valence electrons. The number of carboxylic acids is 3. The van der Waals surface area contributed by atoms with Crippen LogP contribution in [0.15, 0.2) is 35.6 Å². The molecule has 3 heterocycles. The van der Waals surface area contributed by atoms with Crippen molar-refractivity contribution in [3.05, 3.63) is 41.1 Å². The van der Waals surface area contributed by atoms with E-state index in [-0.39, 0.29) is 30.0 Å². The van der Waals surface area contributed by atoms with Gasteiger partial charge in [0.15, 0.2) is 17.7 Å². The second kappa shape index (κ2) is 11.0. The molecule has 3 aliphatic rings. The Balaban J connectivity index is 1.66. The third kappa shape index (κ3) is 5.57. The number of phenolic OH excluding ortho intramolecular Hbond substituents is 1. The summed E-state index contributed by atoms with van der Waals surface area (Å²) in [4.78, 5) is 34.8. The van der Waals surface area contributed by atoms with Gasteiger partial charge in [-0.2, -0.15) is 4.58 Å². The van der Waals surface area contributed by atoms with Crippen molar-refractivity contribution in [1.29, 1.82) is 0 Å². The lowest BCUT2D eigenvalue weighted by Crippen LogP contribution is -2.60. The maximum Gasteiger partial charge on any atom is 0.373 e. The minimum Gasteiger partial charge on any atom is -0.504 e. The Kier molecular flexibility index (Phi) is 7.89. The molecule has 9 N–H and O–H groups in total. The maximum absolute atomic E-state index is 12.0. The van der Waals surface area contributed by atoms with Gasteiger partial charge >= 0.3 is 17.9 Å². The Morgan fingerprint density at radius 1 is 1.05 bits per heavy atom. The zero-order valence-corrected chi connectivity index (χ0v) is 20.1. The highest BCUT2D eigenvalue weighted by molar-refractivity contribution is 5.89. The molecule has 15 nitrogen and oxygen atoms in total. The number of allylic oxidation sites excluding steroid dienone is 2. The van der Waals surface area contributed by atoms with Gasteiger partial charge in [-0.25, -0.2) is 14.4 Å². The molecule has 39 heavy (non-hydrogen) atoms. The van der Waals surface area contributed by atoms with Gasteiger partial charge in [0.2, 0.25) is 12.0 Å². The monoisotopic (exact) mass is 551 g/mol. The van der Waals surface area contributed by atoms with Crippen LogP contribution in [0.4, 0.5) is 5.69 Å². The standard InChI is InChI=1S/C24H26N2O13/c27-8-17-18(29)19(30)20(31)24(39-17)38-16-6-10-5-14(23(36)37)26(13(10)7-15(16)28)2-1-9-3-11(21(32)33)25-12(4-9)22(34)35/h1-3,6-7,12,14,17-20,24,27,29-31H,4-5,8H2,(H4,28,32,33,34,35,36,37)/p+1/t12?,14?,17-,18-,19+,20-,24+/m1/s1. The van der Waals surface area contributed by atoms with E-state index in [1.165, 1.54) is 35.1 Å². The second-order valence-electron chi connectivity index (χ2n) is 9.22. The highest BCUT2D eigenvalue weighted by Crippen LogP contribution is 2.40. The fraction of sp³-hybridized carbons (Fsp3) is 0.417. The lowest BCUT2D eigenvalue weighted by Gasteiger charge is -2.39. The van der Waals surface area contributed by atoms with Gasteiger partial charge in [0.1, 0.15) is 36.2 Å². The van der Waals surface area contributed by atoms with E-state index < -0.39 is 73.1 Å². The fourth-order valence-corrected chi connectivity index (χ4v) is 4.58. The Bertz CT molecular complexity index is 1270. The number of aromatic hydroxyl groups is 1. The van der Waals surface area contributed by atoms with Crippen molar-refractivity contribution in [2.75, 3.05) is 6.61 Å². The van der Waals surface area contributed by atoms with Gasteiger partial charge in [0.05, 0.1) is 19.1 Å². The van der Waals surface area contributed by atoms with E-state index in [4.69, 9.17) is 9.47 Å². The van der Waals surface area contributed by atoms with Gasteiger partial charge < -0.3 is 55.6 Å². The first-order valence-electron chi connectivity index (χ1n) is 11.7. The summed E-state index contributed by atoms with van der Waals surface area (Å²) in [6.07, 6.45) is -4.03. The number of carbonyl (C=O) groups is 3. The number of phenols is 1. The van der Waals surface area contributed by atoms with Crippen LogP contribution in [0.3, 0.4) is 0 Å². The number of fused-ring (bicyclic) bond motifs is 1. The quantitative estimate of drug-likeness (QED) is 0.161. The average Bonchev–Trinajstić information content (AvgIpc) is 3.24. The number of ether oxygens (including phenoxy) is 2. The van der Waals surface area contributed by atoms with Gasteiger partial charge in [-0.3, -0.25) is 0 Å². The first kappa shape index (κ1) is 28.0. The van der Waals surface area contributed by atoms with Gasteiger partial charge in [-0.15, -0.1) is 0 Å². The van der Waals surface area contributed by atoms with Crippen LogP contribution in [-0.2, 0) is 25.5 Å². The molecule has 4 rings (SSSR count). The zero-order chi connectivity index (χ0) is 28.6. The average molecular weight is 551 g/mol. The van der Waals surface area contributed by atoms with Crippen molar-refractivity contribution in [2.24, 2.45) is 0 Å². The lowest BCUT2D eigenvalue weighted by atomic mass is 9.99. The van der Waals surface area contributed by atoms with Gasteiger partial charge in [-0.05, 0) is 17.7 Å². The molecule has 1 fully saturated rings. The summed E-state index contributed by atoms with van der Waals surface area (Å²) >= 11 is 0. The number of hydrogen-bond donors (Lipinski definition) is 9. The number of rotatable bonds is 7. The molecular formula is C24H27N2O13+. The van der Waals surface area contributed by atoms with Crippen LogP contribution in [0, 0.1) is 0 Å². The van der Waals surface area contributed by atoms with E-state index in [2.05, 4.69) is 5.32 Å². The Morgan fingerprint density at radius 2 is 1.77 bits per heavy atom. The first-order chi connectivity index (χ1) is 18.4. The summed E-state index contributed by atoms with van der Waals surface area (Å²) in [5.74, 6) is -4.55. The molecule has 7 atom stereocenters. The molecule has 0 saturated carbocycles. The third-order valence-corrected chi connectivity index (χ3v) is 6.64. The summed E-state index contributed by atoms with van der Waals surface area (Å²) < 4.78 is 12.1. The Hall–Kier alpha value is -4.02. The summed E-state index contributed by atoms with van der Waals surface area (Å²) in [6, 6.07) is 0.177. The maximum atomic E-state index is 12.0. The van der Waals surface area contributed by atoms with Crippen LogP contribution < -0.4 is 10.1 Å². The van der Waals surface area contributed by atoms with Crippen LogP contribution in [0.2, 0.25) is 0 Å². The number of nitrogens with zero attached hydrogens (tertiary/aromatic N) is 1. The number of benzene rings is 1. The summed E-state index contributed by atoms with van der Waals surface area (Å²) in [5, 5.41) is 80.9. The largest absolute Gasteiger partial charge is 0.504 e. The van der Waals surface area contributed by atoms with E-state index in [0.29, 0.717) is 11.1 Å². The number of nitrogens with one attached hydrogen (secondary N) is 1. The Labute approximate surface area is 219 Å². The molecule has 3 aliphatic heterocycles. The molecule has 0 amide bonds. The molecule has 1 aromatic carbocycles. The number of aliphatic carboxylic acids is 3. The predicted octanol–water partition coefficient (Wildman–Crippen LogP) is -2.36. The molecular weight excluding hydrogens is 524 g/mol. The van der Waals surface area contributed by atoms with Crippen molar-refractivity contribution in [3.63, 3.8) is 0 Å². The first-order valence-corrected chi connectivity index (χ1v) is 11.7. The molecule has 0 aromatic heterocycles. The molecule has 1 saturated heterocycles. The SMILES string of the molecule is O=C(O)C1=C/C(=C\C=[N+]2c3cc(O)c(O[C@H]4O[C@H](CO)[C@@H](O)[C@H](O)[C@H]4O)cc3CC2C(=O)O)CC(C(=O)O)N1. The van der Waals surface area contributed by atoms with Crippen LogP contribution >= 0.6 is 0 Å². The van der Waals surface area contributed by atoms with Crippen molar-refractivity contribution in [1.82, 2.24) is 5.32 Å². The molecule has 15 heteroatoms. The molecule has 0 spiro atoms. The molecule has 0 radical (unpaired) electrons. The van der Waals surface area contributed by atoms with Crippen molar-refractivity contribution in [3.8, 4) is 11.5 Å². The summed E-state index contributed by atoms with van der Waals surface area (Å²) in [7, 11) is 0. The van der Waals surface area contributed by atoms with Gasteiger partial charge in [0, 0.05) is 18.1 Å². The molecule has 0 aliphatic carbocycles. The summed E-state index contributed by atoms with van der Waals surface area (Å²) in [5.41, 5.74) is 0.648. The number of aliphatic hydroxyl groups is 4. The Morgan fingerprint density at radius 3 is 2.38 bits per heavy atom. The van der Waals surface area contributed by atoms with Crippen molar-refractivity contribution < 1.29 is 69.3 Å². The van der Waals surface area contributed by atoms with E-state index in [1.54, 1.807) is 0 Å². The van der Waals surface area contributed by atoms with Crippen LogP contribution in [0.25, 0.3) is 0 Å². The highest BCUT2D eigenvalue weighted by Gasteiger charge is 2.46. The molecule has 0 bridgehead atoms. The van der Waals surface area contributed by atoms with E-state index in [1.807, 2.05) is 0 Å². The molecule has 1 aromatic rings. The van der Waals surface area contributed by atoms with Crippen LogP contribution in [0.5, 0.6) is 11.5 Å². The number of aliphatic hydroxyl groups excluding tert-OH is 4. The number of hydrogen-bond acceptors (Lipinski definition) is 11. The third-order valence-electron chi connectivity index (χ3n) is 6.64. The van der Waals surface area contributed by atoms with Gasteiger partial charge in [-0.1, -0.05) is 0 Å². The van der Waals surface area contributed by atoms with E-state index in [0.717, 1.165) is 0 Å². The lowest BCUT2D eigenvalue weighted by molar-refractivity contribution is -0.456. The minimum absolute atomic E-state index is 0.0504. The van der Waals surface area contributed by atoms with Gasteiger partial charge in [0.25, 0.3) is 6.04 Å². The van der Waals surface area contributed by atoms with E-state index in [9.17, 15) is 55.2 Å². The number of carboxylic acid groups (broad SMARTS) is 3. The smallest absolute Gasteiger partial charge is 0.373 e. The normalized spacial score (nSPS) is 32.3. The highest BCUT2D eigenvalue weighted by atomic mass is 16.7. The zero-order valence-electron chi connectivity index (χ0n) is 20.1. The topological polar surface area (TPSA) is 247 Å². The second-order valence-corrected chi connectivity index (χ2v) is 9.22. The predicted molar refractivity (Wildman–Crippen MR) is 127 cm³/mol. The van der Waals surface area contributed by atoms with E-state index >= 15 is 0 Å². The fourth-order valence-electron chi connectivity index (χ4n) is 4.58. The summed E-state index contributed by atoms with van der Waals surface area (Å²) in [6.45, 7) is -0.687.